The van der Waals surface area contributed by atoms with E-state index in [2.05, 4.69) is 5.32 Å². The number of furan rings is 1. The van der Waals surface area contributed by atoms with Crippen molar-refractivity contribution in [3.05, 3.63) is 53.0 Å². The van der Waals surface area contributed by atoms with Crippen LogP contribution < -0.4 is 5.32 Å². The summed E-state index contributed by atoms with van der Waals surface area (Å²) in [6.45, 7) is 5.99. The van der Waals surface area contributed by atoms with Gasteiger partial charge in [-0.25, -0.2) is 4.79 Å². The number of aryl methyl sites for hydroxylation is 1. The van der Waals surface area contributed by atoms with Gasteiger partial charge in [0.1, 0.15) is 11.5 Å². The van der Waals surface area contributed by atoms with E-state index in [1.165, 1.54) is 12.1 Å². The Kier molecular flexibility index (Phi) is 6.14. The highest BCUT2D eigenvalue weighted by Gasteiger charge is 2.16. The quantitative estimate of drug-likeness (QED) is 0.787. The van der Waals surface area contributed by atoms with Gasteiger partial charge in [0.15, 0.2) is 0 Å². The standard InChI is InChI=1S/C18H21NO5S/c1-11(2)14-6-4-5-12(3)17(14)19-16(20)10-25(23)9-13-7-8-15(24-13)18(21)22/h4-8,11H,9-10H2,1-3H3,(H,19,20)(H,21,22). The van der Waals surface area contributed by atoms with Crippen molar-refractivity contribution in [1.82, 2.24) is 0 Å². The van der Waals surface area contributed by atoms with E-state index in [0.29, 0.717) is 0 Å². The summed E-state index contributed by atoms with van der Waals surface area (Å²) in [5, 5.41) is 11.6. The lowest BCUT2D eigenvalue weighted by molar-refractivity contribution is -0.113. The molecule has 1 aromatic heterocycles. The number of hydrogen-bond donors (Lipinski definition) is 2. The Morgan fingerprint density at radius 3 is 2.56 bits per heavy atom. The fraction of sp³-hybridized carbons (Fsp3) is 0.333. The molecule has 1 aromatic carbocycles. The average Bonchev–Trinajstić information content (AvgIpc) is 2.97. The first-order valence-corrected chi connectivity index (χ1v) is 9.33. The van der Waals surface area contributed by atoms with E-state index in [9.17, 15) is 13.8 Å². The number of hydrogen-bond acceptors (Lipinski definition) is 4. The Hall–Kier alpha value is -2.41. The Labute approximate surface area is 148 Å². The van der Waals surface area contributed by atoms with Gasteiger partial charge in [-0.1, -0.05) is 32.0 Å². The van der Waals surface area contributed by atoms with Gasteiger partial charge in [-0.15, -0.1) is 0 Å². The highest BCUT2D eigenvalue weighted by molar-refractivity contribution is 7.84. The molecule has 134 valence electrons. The molecule has 1 unspecified atom stereocenters. The topological polar surface area (TPSA) is 96.6 Å². The van der Waals surface area contributed by atoms with E-state index in [0.717, 1.165) is 16.8 Å². The molecule has 1 heterocycles. The number of para-hydroxylation sites is 1. The normalized spacial score (nSPS) is 12.2. The molecule has 2 rings (SSSR count). The summed E-state index contributed by atoms with van der Waals surface area (Å²) in [4.78, 5) is 23.0. The van der Waals surface area contributed by atoms with Crippen molar-refractivity contribution in [1.29, 1.82) is 0 Å². The summed E-state index contributed by atoms with van der Waals surface area (Å²) in [5.74, 6) is -1.41. The van der Waals surface area contributed by atoms with Gasteiger partial charge in [-0.3, -0.25) is 9.00 Å². The van der Waals surface area contributed by atoms with Crippen LogP contribution in [-0.2, 0) is 21.3 Å². The van der Waals surface area contributed by atoms with Crippen molar-refractivity contribution >= 4 is 28.4 Å². The summed E-state index contributed by atoms with van der Waals surface area (Å²) in [6, 6.07) is 8.57. The van der Waals surface area contributed by atoms with Gasteiger partial charge >= 0.3 is 5.97 Å². The molecule has 0 radical (unpaired) electrons. The lowest BCUT2D eigenvalue weighted by Crippen LogP contribution is -2.21. The molecule has 2 aromatic rings. The van der Waals surface area contributed by atoms with Crippen molar-refractivity contribution in [2.45, 2.75) is 32.4 Å². The van der Waals surface area contributed by atoms with Crippen LogP contribution in [0.5, 0.6) is 0 Å². The molecule has 7 heteroatoms. The monoisotopic (exact) mass is 363 g/mol. The Balaban J connectivity index is 2.00. The fourth-order valence-electron chi connectivity index (χ4n) is 2.44. The Morgan fingerprint density at radius 2 is 1.96 bits per heavy atom. The van der Waals surface area contributed by atoms with E-state index in [4.69, 9.17) is 9.52 Å². The summed E-state index contributed by atoms with van der Waals surface area (Å²) < 4.78 is 17.2. The van der Waals surface area contributed by atoms with Crippen molar-refractivity contribution in [2.75, 3.05) is 11.1 Å². The third kappa shape index (κ3) is 5.03. The molecule has 2 N–H and O–H groups in total. The molecule has 0 saturated heterocycles. The summed E-state index contributed by atoms with van der Waals surface area (Å²) >= 11 is 0. The molecule has 0 saturated carbocycles. The van der Waals surface area contributed by atoms with Gasteiger partial charge in [0.2, 0.25) is 11.7 Å². The SMILES string of the molecule is Cc1cccc(C(C)C)c1NC(=O)CS(=O)Cc1ccc(C(=O)O)o1. The van der Waals surface area contributed by atoms with Crippen LogP contribution in [-0.4, -0.2) is 26.9 Å². The zero-order valence-electron chi connectivity index (χ0n) is 14.4. The number of carbonyl (C=O) groups excluding carboxylic acids is 1. The molecule has 1 amide bonds. The first-order valence-electron chi connectivity index (χ1n) is 7.84. The average molecular weight is 363 g/mol. The largest absolute Gasteiger partial charge is 0.475 e. The number of carboxylic acids is 1. The molecule has 0 fully saturated rings. The molecule has 0 aliphatic rings. The zero-order chi connectivity index (χ0) is 18.6. The van der Waals surface area contributed by atoms with Crippen molar-refractivity contribution < 1.29 is 23.3 Å². The van der Waals surface area contributed by atoms with Crippen LogP contribution in [0.3, 0.4) is 0 Å². The second kappa shape index (κ2) is 8.11. The van der Waals surface area contributed by atoms with Crippen molar-refractivity contribution in [3.63, 3.8) is 0 Å². The van der Waals surface area contributed by atoms with Gasteiger partial charge in [0, 0.05) is 16.5 Å². The number of amides is 1. The van der Waals surface area contributed by atoms with E-state index in [-0.39, 0.29) is 34.9 Å². The molecule has 0 bridgehead atoms. The maximum absolute atomic E-state index is 12.2. The summed E-state index contributed by atoms with van der Waals surface area (Å²) in [6.07, 6.45) is 0. The van der Waals surface area contributed by atoms with Gasteiger partial charge < -0.3 is 14.8 Å². The third-order valence-electron chi connectivity index (χ3n) is 3.66. The smallest absolute Gasteiger partial charge is 0.371 e. The number of nitrogens with one attached hydrogen (secondary N) is 1. The van der Waals surface area contributed by atoms with E-state index in [1.54, 1.807) is 0 Å². The lowest BCUT2D eigenvalue weighted by Gasteiger charge is -2.16. The minimum atomic E-state index is -1.50. The van der Waals surface area contributed by atoms with Gasteiger partial charge in [0.05, 0.1) is 5.75 Å². The maximum Gasteiger partial charge on any atom is 0.371 e. The third-order valence-corrected chi connectivity index (χ3v) is 4.85. The van der Waals surface area contributed by atoms with Gasteiger partial charge in [-0.2, -0.15) is 0 Å². The van der Waals surface area contributed by atoms with Gasteiger partial charge in [-0.05, 0) is 36.1 Å². The van der Waals surface area contributed by atoms with Crippen molar-refractivity contribution in [3.8, 4) is 0 Å². The predicted octanol–water partition coefficient (Wildman–Crippen LogP) is 3.30. The lowest BCUT2D eigenvalue weighted by atomic mass is 9.98. The second-order valence-electron chi connectivity index (χ2n) is 6.04. The highest BCUT2D eigenvalue weighted by atomic mass is 32.2. The molecule has 0 spiro atoms. The maximum atomic E-state index is 12.2. The molecule has 0 aliphatic carbocycles. The molecule has 0 aliphatic heterocycles. The van der Waals surface area contributed by atoms with E-state index in [1.807, 2.05) is 39.0 Å². The fourth-order valence-corrected chi connectivity index (χ4v) is 3.38. The second-order valence-corrected chi connectivity index (χ2v) is 7.50. The van der Waals surface area contributed by atoms with Crippen LogP contribution in [0.4, 0.5) is 5.69 Å². The summed E-state index contributed by atoms with van der Waals surface area (Å²) in [5.41, 5.74) is 2.73. The Bertz CT molecular complexity index is 810. The molecule has 25 heavy (non-hydrogen) atoms. The molecule has 6 nitrogen and oxygen atoms in total. The summed E-state index contributed by atoms with van der Waals surface area (Å²) in [7, 11) is -1.50. The molecular formula is C18H21NO5S. The Morgan fingerprint density at radius 1 is 1.24 bits per heavy atom. The first-order chi connectivity index (χ1) is 11.8. The van der Waals surface area contributed by atoms with Crippen LogP contribution in [0.25, 0.3) is 0 Å². The number of anilines is 1. The van der Waals surface area contributed by atoms with Crippen LogP contribution >= 0.6 is 0 Å². The number of aromatic carboxylic acids is 1. The first kappa shape index (κ1) is 18.9. The van der Waals surface area contributed by atoms with E-state index < -0.39 is 16.8 Å². The van der Waals surface area contributed by atoms with Crippen LogP contribution in [0.15, 0.2) is 34.7 Å². The van der Waals surface area contributed by atoms with Gasteiger partial charge in [0.25, 0.3) is 0 Å². The van der Waals surface area contributed by atoms with E-state index >= 15 is 0 Å². The predicted molar refractivity (Wildman–Crippen MR) is 96.3 cm³/mol. The van der Waals surface area contributed by atoms with Crippen molar-refractivity contribution in [2.24, 2.45) is 0 Å². The number of carbonyl (C=O) groups is 2. The number of carboxylic acid groups (broad SMARTS) is 1. The van der Waals surface area contributed by atoms with Crippen LogP contribution in [0.1, 0.15) is 47.2 Å². The van der Waals surface area contributed by atoms with Crippen LogP contribution in [0.2, 0.25) is 0 Å². The highest BCUT2D eigenvalue weighted by Crippen LogP contribution is 2.27. The minimum absolute atomic E-state index is 0.00842. The zero-order valence-corrected chi connectivity index (χ0v) is 15.2. The molecule has 1 atom stereocenters. The number of rotatable bonds is 7. The molecular weight excluding hydrogens is 342 g/mol. The van der Waals surface area contributed by atoms with Crippen LogP contribution in [0, 0.1) is 6.92 Å². The minimum Gasteiger partial charge on any atom is -0.475 e. The number of benzene rings is 1.